The van der Waals surface area contributed by atoms with Crippen LogP contribution < -0.4 is 10.2 Å². The van der Waals surface area contributed by atoms with Gasteiger partial charge in [-0.05, 0) is 23.8 Å². The van der Waals surface area contributed by atoms with E-state index < -0.39 is 0 Å². The molecule has 4 rings (SSSR count). The van der Waals surface area contributed by atoms with E-state index in [-0.39, 0.29) is 18.0 Å². The van der Waals surface area contributed by atoms with Crippen LogP contribution in [0.15, 0.2) is 51.6 Å². The van der Waals surface area contributed by atoms with E-state index >= 15 is 0 Å². The highest BCUT2D eigenvalue weighted by Crippen LogP contribution is 2.39. The molecule has 1 unspecified atom stereocenters. The highest BCUT2D eigenvalue weighted by molar-refractivity contribution is 5.95. The van der Waals surface area contributed by atoms with Gasteiger partial charge in [-0.3, -0.25) is 4.90 Å². The smallest absolute Gasteiger partial charge is 0.323 e. The second kappa shape index (κ2) is 6.67. The average Bonchev–Trinajstić information content (AvgIpc) is 3.38. The number of benzene rings is 1. The van der Waals surface area contributed by atoms with Crippen molar-refractivity contribution in [2.75, 3.05) is 4.90 Å². The van der Waals surface area contributed by atoms with Crippen LogP contribution in [-0.2, 0) is 13.0 Å². The van der Waals surface area contributed by atoms with Gasteiger partial charge in [0.15, 0.2) is 5.82 Å². The summed E-state index contributed by atoms with van der Waals surface area (Å²) in [5.41, 5.74) is 1.94. The van der Waals surface area contributed by atoms with Crippen LogP contribution in [0.4, 0.5) is 10.5 Å². The molecule has 26 heavy (non-hydrogen) atoms. The number of rotatable bonds is 4. The molecule has 0 aliphatic carbocycles. The molecule has 1 aromatic carbocycles. The summed E-state index contributed by atoms with van der Waals surface area (Å²) in [4.78, 5) is 19.1. The van der Waals surface area contributed by atoms with Crippen LogP contribution in [0.1, 0.15) is 48.8 Å². The summed E-state index contributed by atoms with van der Waals surface area (Å²) in [6, 6.07) is 10.9. The summed E-state index contributed by atoms with van der Waals surface area (Å²) in [5.74, 6) is 1.96. The van der Waals surface area contributed by atoms with Crippen molar-refractivity contribution in [1.82, 2.24) is 15.5 Å². The first kappa shape index (κ1) is 16.4. The Balaban J connectivity index is 1.61. The summed E-state index contributed by atoms with van der Waals surface area (Å²) in [6.45, 7) is 4.33. The topological polar surface area (TPSA) is 84.4 Å². The first-order valence-electron chi connectivity index (χ1n) is 8.64. The van der Waals surface area contributed by atoms with Gasteiger partial charge in [0.1, 0.15) is 11.8 Å². The van der Waals surface area contributed by atoms with Crippen molar-refractivity contribution in [1.29, 1.82) is 0 Å². The van der Waals surface area contributed by atoms with E-state index in [1.54, 1.807) is 17.2 Å². The maximum absolute atomic E-state index is 12.9. The minimum absolute atomic E-state index is 0.164. The molecule has 3 aromatic rings. The molecule has 0 saturated heterocycles. The molecule has 7 heteroatoms. The van der Waals surface area contributed by atoms with Crippen LogP contribution in [0.2, 0.25) is 0 Å². The van der Waals surface area contributed by atoms with Gasteiger partial charge in [0, 0.05) is 18.0 Å². The van der Waals surface area contributed by atoms with Crippen molar-refractivity contribution in [2.45, 2.75) is 38.8 Å². The lowest BCUT2D eigenvalue weighted by Crippen LogP contribution is -2.40. The lowest BCUT2D eigenvalue weighted by Gasteiger charge is -2.23. The summed E-state index contributed by atoms with van der Waals surface area (Å²) in [7, 11) is 0. The molecule has 3 heterocycles. The zero-order chi connectivity index (χ0) is 18.1. The minimum Gasteiger partial charge on any atom is -0.467 e. The van der Waals surface area contributed by atoms with Crippen LogP contribution in [0.5, 0.6) is 0 Å². The number of para-hydroxylation sites is 1. The molecule has 1 atom stereocenters. The summed E-state index contributed by atoms with van der Waals surface area (Å²) in [6.07, 6.45) is 2.23. The number of hydrogen-bond donors (Lipinski definition) is 1. The minimum atomic E-state index is -0.316. The fourth-order valence-electron chi connectivity index (χ4n) is 3.11. The first-order valence-corrected chi connectivity index (χ1v) is 8.64. The number of nitrogens with one attached hydrogen (secondary N) is 1. The van der Waals surface area contributed by atoms with Crippen molar-refractivity contribution < 1.29 is 13.7 Å². The SMILES string of the molecule is CC(C)c1noc(C2Cc3ccccc3N2C(=O)NCc2ccco2)n1. The molecule has 7 nitrogen and oxygen atoms in total. The highest BCUT2D eigenvalue weighted by Gasteiger charge is 2.38. The van der Waals surface area contributed by atoms with Gasteiger partial charge >= 0.3 is 6.03 Å². The fraction of sp³-hybridized carbons (Fsp3) is 0.316. The van der Waals surface area contributed by atoms with Crippen LogP contribution in [0.25, 0.3) is 0 Å². The maximum Gasteiger partial charge on any atom is 0.323 e. The number of furan rings is 1. The third kappa shape index (κ3) is 2.96. The van der Waals surface area contributed by atoms with Gasteiger partial charge < -0.3 is 14.3 Å². The standard InChI is InChI=1S/C19H20N4O3/c1-12(2)17-21-18(26-22-17)16-10-13-6-3-4-8-15(13)23(16)19(24)20-11-14-7-5-9-25-14/h3-9,12,16H,10-11H2,1-2H3,(H,20,24). The van der Waals surface area contributed by atoms with E-state index in [1.165, 1.54) is 0 Å². The number of nitrogens with zero attached hydrogens (tertiary/aromatic N) is 3. The van der Waals surface area contributed by atoms with E-state index in [1.807, 2.05) is 44.2 Å². The van der Waals surface area contributed by atoms with Gasteiger partial charge in [-0.2, -0.15) is 4.98 Å². The molecule has 1 N–H and O–H groups in total. The Bertz CT molecular complexity index is 901. The lowest BCUT2D eigenvalue weighted by atomic mass is 10.1. The fourth-order valence-corrected chi connectivity index (χ4v) is 3.11. The molecule has 0 bridgehead atoms. The van der Waals surface area contributed by atoms with Gasteiger partial charge in [-0.1, -0.05) is 37.2 Å². The predicted molar refractivity (Wildman–Crippen MR) is 94.7 cm³/mol. The van der Waals surface area contributed by atoms with E-state index in [9.17, 15) is 4.79 Å². The number of anilines is 1. The van der Waals surface area contributed by atoms with Crippen LogP contribution in [0.3, 0.4) is 0 Å². The van der Waals surface area contributed by atoms with Gasteiger partial charge in [-0.25, -0.2) is 4.79 Å². The Hall–Kier alpha value is -3.09. The average molecular weight is 352 g/mol. The summed E-state index contributed by atoms with van der Waals surface area (Å²) >= 11 is 0. The van der Waals surface area contributed by atoms with Crippen LogP contribution >= 0.6 is 0 Å². The molecule has 2 aromatic heterocycles. The third-order valence-electron chi connectivity index (χ3n) is 4.45. The normalized spacial score (nSPS) is 16.1. The van der Waals surface area contributed by atoms with E-state index in [0.29, 0.717) is 30.4 Å². The monoisotopic (exact) mass is 352 g/mol. The largest absolute Gasteiger partial charge is 0.467 e. The van der Waals surface area contributed by atoms with Gasteiger partial charge in [0.2, 0.25) is 5.89 Å². The van der Waals surface area contributed by atoms with Gasteiger partial charge in [-0.15, -0.1) is 0 Å². The zero-order valence-corrected chi connectivity index (χ0v) is 14.7. The number of aromatic nitrogens is 2. The second-order valence-electron chi connectivity index (χ2n) is 6.60. The quantitative estimate of drug-likeness (QED) is 0.772. The van der Waals surface area contributed by atoms with Crippen LogP contribution in [0, 0.1) is 0 Å². The molecule has 0 radical (unpaired) electrons. The molecule has 1 aliphatic rings. The molecule has 0 fully saturated rings. The van der Waals surface area contributed by atoms with Crippen LogP contribution in [-0.4, -0.2) is 16.2 Å². The van der Waals surface area contributed by atoms with Crippen molar-refractivity contribution in [3.8, 4) is 0 Å². The van der Waals surface area contributed by atoms with Crippen molar-refractivity contribution in [3.05, 3.63) is 65.7 Å². The summed E-state index contributed by atoms with van der Waals surface area (Å²) < 4.78 is 10.8. The number of hydrogen-bond acceptors (Lipinski definition) is 5. The Morgan fingerprint density at radius 1 is 1.31 bits per heavy atom. The Labute approximate surface area is 151 Å². The third-order valence-corrected chi connectivity index (χ3v) is 4.45. The second-order valence-corrected chi connectivity index (χ2v) is 6.60. The molecule has 0 saturated carbocycles. The molecule has 134 valence electrons. The molecule has 0 spiro atoms. The highest BCUT2D eigenvalue weighted by atomic mass is 16.5. The first-order chi connectivity index (χ1) is 12.6. The van der Waals surface area contributed by atoms with E-state index in [0.717, 1.165) is 11.3 Å². The number of amides is 2. The number of fused-ring (bicyclic) bond motifs is 1. The Kier molecular flexibility index (Phi) is 4.20. The molecular formula is C19H20N4O3. The molecule has 2 amide bonds. The lowest BCUT2D eigenvalue weighted by molar-refractivity contribution is 0.241. The number of urea groups is 1. The van der Waals surface area contributed by atoms with E-state index in [2.05, 4.69) is 15.5 Å². The maximum atomic E-state index is 12.9. The summed E-state index contributed by atoms with van der Waals surface area (Å²) in [5, 5.41) is 6.94. The molecule has 1 aliphatic heterocycles. The van der Waals surface area contributed by atoms with Gasteiger partial charge in [0.05, 0.1) is 12.8 Å². The number of carbonyl (C=O) groups excluding carboxylic acids is 1. The Morgan fingerprint density at radius 3 is 2.88 bits per heavy atom. The van der Waals surface area contributed by atoms with Crippen molar-refractivity contribution >= 4 is 11.7 Å². The van der Waals surface area contributed by atoms with Gasteiger partial charge in [0.25, 0.3) is 0 Å². The van der Waals surface area contributed by atoms with Crippen molar-refractivity contribution in [3.63, 3.8) is 0 Å². The number of carbonyl (C=O) groups is 1. The zero-order valence-electron chi connectivity index (χ0n) is 14.7. The predicted octanol–water partition coefficient (Wildman–Crippen LogP) is 3.80. The Morgan fingerprint density at radius 2 is 2.15 bits per heavy atom. The van der Waals surface area contributed by atoms with Crippen molar-refractivity contribution in [2.24, 2.45) is 0 Å². The molecular weight excluding hydrogens is 332 g/mol. The van der Waals surface area contributed by atoms with E-state index in [4.69, 9.17) is 8.94 Å².